The van der Waals surface area contributed by atoms with Crippen molar-refractivity contribution in [3.63, 3.8) is 0 Å². The fourth-order valence-corrected chi connectivity index (χ4v) is 3.12. The summed E-state index contributed by atoms with van der Waals surface area (Å²) in [6.45, 7) is 5.83. The first-order valence-corrected chi connectivity index (χ1v) is 9.28. The Bertz CT molecular complexity index is 770. The summed E-state index contributed by atoms with van der Waals surface area (Å²) in [4.78, 5) is 26.3. The van der Waals surface area contributed by atoms with Crippen LogP contribution in [-0.4, -0.2) is 29.4 Å². The van der Waals surface area contributed by atoms with E-state index in [0.29, 0.717) is 26.2 Å². The molecule has 1 fully saturated rings. The molecule has 1 N–H and O–H groups in total. The molecular weight excluding hydrogens is 344 g/mol. The lowest BCUT2D eigenvalue weighted by Gasteiger charge is -2.15. The summed E-state index contributed by atoms with van der Waals surface area (Å²) in [7, 11) is 0. The van der Waals surface area contributed by atoms with E-state index in [-0.39, 0.29) is 30.3 Å². The molecule has 2 heterocycles. The third-order valence-corrected chi connectivity index (χ3v) is 4.55. The second kappa shape index (κ2) is 8.86. The number of rotatable bonds is 8. The molecule has 0 radical (unpaired) electrons. The number of likely N-dealkylation sites (tertiary alicyclic amines) is 1. The zero-order valence-electron chi connectivity index (χ0n) is 15.8. The maximum Gasteiger partial charge on any atom is 0.225 e. The average Bonchev–Trinajstić information content (AvgIpc) is 3.29. The maximum absolute atomic E-state index is 12.5. The Morgan fingerprint density at radius 2 is 2.11 bits per heavy atom. The van der Waals surface area contributed by atoms with Gasteiger partial charge in [-0.15, -0.1) is 0 Å². The molecule has 3 rings (SSSR count). The van der Waals surface area contributed by atoms with Crippen LogP contribution in [0.1, 0.15) is 37.2 Å². The van der Waals surface area contributed by atoms with E-state index in [1.165, 1.54) is 0 Å². The number of nitrogens with zero attached hydrogens (tertiary/aromatic N) is 1. The molecule has 1 atom stereocenters. The van der Waals surface area contributed by atoms with Crippen LogP contribution >= 0.6 is 0 Å². The minimum absolute atomic E-state index is 0.0145. The summed E-state index contributed by atoms with van der Waals surface area (Å²) in [6, 6.07) is 11.6. The molecule has 0 spiro atoms. The van der Waals surface area contributed by atoms with Crippen LogP contribution in [0.3, 0.4) is 0 Å². The van der Waals surface area contributed by atoms with E-state index in [9.17, 15) is 9.59 Å². The predicted octanol–water partition coefficient (Wildman–Crippen LogP) is 2.87. The van der Waals surface area contributed by atoms with E-state index in [0.717, 1.165) is 16.9 Å². The zero-order chi connectivity index (χ0) is 19.2. The highest BCUT2D eigenvalue weighted by Gasteiger charge is 2.34. The number of furan rings is 1. The number of hydrogen-bond acceptors (Lipinski definition) is 4. The van der Waals surface area contributed by atoms with Crippen molar-refractivity contribution in [3.8, 4) is 0 Å². The van der Waals surface area contributed by atoms with Crippen molar-refractivity contribution >= 4 is 11.8 Å². The van der Waals surface area contributed by atoms with Crippen LogP contribution in [-0.2, 0) is 34.0 Å². The van der Waals surface area contributed by atoms with E-state index in [1.54, 1.807) is 17.2 Å². The van der Waals surface area contributed by atoms with Crippen LogP contribution in [0.4, 0.5) is 0 Å². The highest BCUT2D eigenvalue weighted by atomic mass is 16.5. The summed E-state index contributed by atoms with van der Waals surface area (Å²) in [5.41, 5.74) is 2.10. The van der Waals surface area contributed by atoms with Crippen LogP contribution in [0.15, 0.2) is 47.1 Å². The molecular formula is C21H26N2O4. The molecule has 1 aromatic carbocycles. The molecule has 6 nitrogen and oxygen atoms in total. The molecule has 2 amide bonds. The predicted molar refractivity (Wildman–Crippen MR) is 100 cm³/mol. The number of nitrogens with one attached hydrogen (secondary N) is 1. The SMILES string of the molecule is CC(C)OCc1cccc(CNC(=O)C2CC(=O)N(Cc3ccco3)C2)c1. The van der Waals surface area contributed by atoms with Crippen molar-refractivity contribution in [1.82, 2.24) is 10.2 Å². The Balaban J connectivity index is 1.49. The Labute approximate surface area is 159 Å². The van der Waals surface area contributed by atoms with Crippen LogP contribution in [0.5, 0.6) is 0 Å². The van der Waals surface area contributed by atoms with Gasteiger partial charge in [-0.1, -0.05) is 24.3 Å². The molecule has 6 heteroatoms. The number of benzene rings is 1. The maximum atomic E-state index is 12.5. The van der Waals surface area contributed by atoms with Crippen LogP contribution in [0, 0.1) is 5.92 Å². The minimum atomic E-state index is -0.320. The lowest BCUT2D eigenvalue weighted by Crippen LogP contribution is -2.32. The van der Waals surface area contributed by atoms with E-state index in [4.69, 9.17) is 9.15 Å². The van der Waals surface area contributed by atoms with Crippen LogP contribution in [0.25, 0.3) is 0 Å². The van der Waals surface area contributed by atoms with E-state index in [2.05, 4.69) is 5.32 Å². The van der Waals surface area contributed by atoms with Gasteiger partial charge in [0.1, 0.15) is 5.76 Å². The molecule has 144 valence electrons. The van der Waals surface area contributed by atoms with Crippen molar-refractivity contribution in [1.29, 1.82) is 0 Å². The van der Waals surface area contributed by atoms with E-state index >= 15 is 0 Å². The van der Waals surface area contributed by atoms with Crippen molar-refractivity contribution in [2.24, 2.45) is 5.92 Å². The summed E-state index contributed by atoms with van der Waals surface area (Å²) in [5, 5.41) is 2.95. The number of carbonyl (C=O) groups is 2. The quantitative estimate of drug-likeness (QED) is 0.776. The first kappa shape index (κ1) is 19.2. The van der Waals surface area contributed by atoms with Gasteiger partial charge in [0.2, 0.25) is 11.8 Å². The topological polar surface area (TPSA) is 71.8 Å². The van der Waals surface area contributed by atoms with Gasteiger partial charge in [0.15, 0.2) is 0 Å². The second-order valence-corrected chi connectivity index (χ2v) is 7.15. The molecule has 1 unspecified atom stereocenters. The smallest absolute Gasteiger partial charge is 0.225 e. The van der Waals surface area contributed by atoms with Crippen molar-refractivity contribution < 1.29 is 18.7 Å². The van der Waals surface area contributed by atoms with Gasteiger partial charge in [-0.05, 0) is 37.1 Å². The van der Waals surface area contributed by atoms with Gasteiger partial charge in [-0.3, -0.25) is 9.59 Å². The normalized spacial score (nSPS) is 16.9. The molecule has 0 saturated carbocycles. The Kier molecular flexibility index (Phi) is 6.29. The summed E-state index contributed by atoms with van der Waals surface area (Å²) >= 11 is 0. The van der Waals surface area contributed by atoms with Crippen LogP contribution < -0.4 is 5.32 Å². The third-order valence-electron chi connectivity index (χ3n) is 4.55. The largest absolute Gasteiger partial charge is 0.467 e. The highest BCUT2D eigenvalue weighted by Crippen LogP contribution is 2.20. The fraction of sp³-hybridized carbons (Fsp3) is 0.429. The van der Waals surface area contributed by atoms with Gasteiger partial charge in [-0.2, -0.15) is 0 Å². The number of carbonyl (C=O) groups excluding carboxylic acids is 2. The van der Waals surface area contributed by atoms with Gasteiger partial charge in [0.25, 0.3) is 0 Å². The molecule has 2 aromatic rings. The zero-order valence-corrected chi connectivity index (χ0v) is 15.8. The average molecular weight is 370 g/mol. The summed E-state index contributed by atoms with van der Waals surface area (Å²) < 4.78 is 10.9. The number of ether oxygens (including phenoxy) is 1. The standard InChI is InChI=1S/C21H26N2O4/c1-15(2)27-14-17-6-3-5-16(9-17)11-22-21(25)18-10-20(24)23(12-18)13-19-7-4-8-26-19/h3-9,15,18H,10-14H2,1-2H3,(H,22,25). The molecule has 1 aliphatic heterocycles. The monoisotopic (exact) mass is 370 g/mol. The van der Waals surface area contributed by atoms with Gasteiger partial charge in [0, 0.05) is 19.5 Å². The third kappa shape index (κ3) is 5.44. The molecule has 27 heavy (non-hydrogen) atoms. The molecule has 1 aliphatic rings. The molecule has 1 aromatic heterocycles. The van der Waals surface area contributed by atoms with Gasteiger partial charge in [0.05, 0.1) is 31.4 Å². The van der Waals surface area contributed by atoms with Gasteiger partial charge < -0.3 is 19.4 Å². The summed E-state index contributed by atoms with van der Waals surface area (Å²) in [6.07, 6.45) is 2.01. The van der Waals surface area contributed by atoms with Gasteiger partial charge in [-0.25, -0.2) is 0 Å². The number of amides is 2. The lowest BCUT2D eigenvalue weighted by molar-refractivity contribution is -0.129. The molecule has 1 saturated heterocycles. The van der Waals surface area contributed by atoms with E-state index < -0.39 is 0 Å². The Hall–Kier alpha value is -2.60. The first-order chi connectivity index (χ1) is 13.0. The Morgan fingerprint density at radius 3 is 2.85 bits per heavy atom. The Morgan fingerprint density at radius 1 is 1.30 bits per heavy atom. The number of hydrogen-bond donors (Lipinski definition) is 1. The minimum Gasteiger partial charge on any atom is -0.467 e. The molecule has 0 aliphatic carbocycles. The fourth-order valence-electron chi connectivity index (χ4n) is 3.12. The van der Waals surface area contributed by atoms with Crippen LogP contribution in [0.2, 0.25) is 0 Å². The lowest BCUT2D eigenvalue weighted by atomic mass is 10.1. The molecule has 0 bridgehead atoms. The first-order valence-electron chi connectivity index (χ1n) is 9.28. The van der Waals surface area contributed by atoms with Gasteiger partial charge >= 0.3 is 0 Å². The summed E-state index contributed by atoms with van der Waals surface area (Å²) in [5.74, 6) is 0.304. The van der Waals surface area contributed by atoms with Crippen molar-refractivity contribution in [2.45, 2.75) is 46.1 Å². The second-order valence-electron chi connectivity index (χ2n) is 7.15. The van der Waals surface area contributed by atoms with Crippen molar-refractivity contribution in [2.75, 3.05) is 6.54 Å². The van der Waals surface area contributed by atoms with Crippen molar-refractivity contribution in [3.05, 3.63) is 59.5 Å². The highest BCUT2D eigenvalue weighted by molar-refractivity contribution is 5.89. The van der Waals surface area contributed by atoms with E-state index in [1.807, 2.05) is 44.2 Å².